The van der Waals surface area contributed by atoms with Crippen molar-refractivity contribution < 1.29 is 19.4 Å². The quantitative estimate of drug-likeness (QED) is 0.648. The molecule has 6 nitrogen and oxygen atoms in total. The highest BCUT2D eigenvalue weighted by Crippen LogP contribution is 2.36. The number of aliphatic carboxylic acids is 1. The molecule has 3 aliphatic heterocycles. The fourth-order valence-electron chi connectivity index (χ4n) is 3.17. The number of piperidine rings is 3. The zero-order valence-electron chi connectivity index (χ0n) is 11.6. The summed E-state index contributed by atoms with van der Waals surface area (Å²) < 4.78 is 4.75. The van der Waals surface area contributed by atoms with Crippen molar-refractivity contribution in [3.63, 3.8) is 0 Å². The summed E-state index contributed by atoms with van der Waals surface area (Å²) >= 11 is 0. The van der Waals surface area contributed by atoms with Crippen LogP contribution in [0.15, 0.2) is 12.7 Å². The third-order valence-electron chi connectivity index (χ3n) is 4.23. The number of ether oxygens (including phenoxy) is 1. The molecule has 0 aliphatic carbocycles. The van der Waals surface area contributed by atoms with Crippen LogP contribution in [0.1, 0.15) is 12.8 Å². The monoisotopic (exact) mass is 282 g/mol. The molecule has 1 amide bonds. The van der Waals surface area contributed by atoms with Crippen LogP contribution in [0.3, 0.4) is 0 Å². The zero-order valence-corrected chi connectivity index (χ0v) is 11.6. The van der Waals surface area contributed by atoms with E-state index in [0.29, 0.717) is 24.4 Å². The van der Waals surface area contributed by atoms with Crippen molar-refractivity contribution in [1.82, 2.24) is 10.2 Å². The first-order chi connectivity index (χ1) is 9.60. The van der Waals surface area contributed by atoms with Gasteiger partial charge in [-0.15, -0.1) is 6.58 Å². The third-order valence-corrected chi connectivity index (χ3v) is 4.23. The highest BCUT2D eigenvalue weighted by molar-refractivity contribution is 5.77. The van der Waals surface area contributed by atoms with Gasteiger partial charge in [-0.25, -0.2) is 4.79 Å². The number of nitrogens with zero attached hydrogens (tertiary/aromatic N) is 1. The molecule has 2 bridgehead atoms. The van der Waals surface area contributed by atoms with E-state index < -0.39 is 12.6 Å². The summed E-state index contributed by atoms with van der Waals surface area (Å²) in [5, 5.41) is 11.2. The lowest BCUT2D eigenvalue weighted by Gasteiger charge is -2.49. The number of carbonyl (C=O) groups is 2. The highest BCUT2D eigenvalue weighted by Gasteiger charge is 2.38. The van der Waals surface area contributed by atoms with E-state index in [1.807, 2.05) is 6.08 Å². The summed E-state index contributed by atoms with van der Waals surface area (Å²) in [4.78, 5) is 24.2. The molecule has 4 unspecified atom stereocenters. The molecule has 0 saturated carbocycles. The van der Waals surface area contributed by atoms with E-state index >= 15 is 0 Å². The van der Waals surface area contributed by atoms with Gasteiger partial charge >= 0.3 is 5.97 Å². The van der Waals surface area contributed by atoms with Gasteiger partial charge in [0.2, 0.25) is 5.91 Å². The van der Waals surface area contributed by atoms with Crippen LogP contribution < -0.4 is 5.32 Å². The van der Waals surface area contributed by atoms with Crippen molar-refractivity contribution in [3.8, 4) is 0 Å². The largest absolute Gasteiger partial charge is 0.480 e. The summed E-state index contributed by atoms with van der Waals surface area (Å²) in [6.07, 6.45) is 4.35. The van der Waals surface area contributed by atoms with Crippen molar-refractivity contribution in [2.75, 3.05) is 32.8 Å². The lowest BCUT2D eigenvalue weighted by Crippen LogP contribution is -2.56. The Morgan fingerprint density at radius 2 is 2.25 bits per heavy atom. The molecule has 4 atom stereocenters. The SMILES string of the molecule is C=CC1CN2CCC1CC2CNC(=O)COCC(=O)O. The van der Waals surface area contributed by atoms with E-state index in [4.69, 9.17) is 9.84 Å². The first kappa shape index (κ1) is 15.0. The average molecular weight is 282 g/mol. The van der Waals surface area contributed by atoms with Crippen molar-refractivity contribution in [1.29, 1.82) is 0 Å². The van der Waals surface area contributed by atoms with E-state index in [9.17, 15) is 9.59 Å². The van der Waals surface area contributed by atoms with Crippen molar-refractivity contribution in [3.05, 3.63) is 12.7 Å². The number of amides is 1. The van der Waals surface area contributed by atoms with Crippen LogP contribution in [0.4, 0.5) is 0 Å². The van der Waals surface area contributed by atoms with Crippen LogP contribution in [0, 0.1) is 11.8 Å². The fraction of sp³-hybridized carbons (Fsp3) is 0.714. The number of carbonyl (C=O) groups excluding carboxylic acids is 1. The summed E-state index contributed by atoms with van der Waals surface area (Å²) in [5.41, 5.74) is 0. The highest BCUT2D eigenvalue weighted by atomic mass is 16.5. The van der Waals surface area contributed by atoms with Crippen LogP contribution in [0.5, 0.6) is 0 Å². The molecule has 0 aromatic heterocycles. The summed E-state index contributed by atoms with van der Waals surface area (Å²) in [5.74, 6) is -0.0598. The molecule has 3 rings (SSSR count). The Kier molecular flexibility index (Phi) is 5.14. The molecule has 20 heavy (non-hydrogen) atoms. The number of hydrogen-bond acceptors (Lipinski definition) is 4. The van der Waals surface area contributed by atoms with Crippen molar-refractivity contribution in [2.45, 2.75) is 18.9 Å². The Morgan fingerprint density at radius 3 is 2.85 bits per heavy atom. The Labute approximate surface area is 118 Å². The number of fused-ring (bicyclic) bond motifs is 3. The van der Waals surface area contributed by atoms with E-state index in [2.05, 4.69) is 16.8 Å². The van der Waals surface area contributed by atoms with E-state index in [1.165, 1.54) is 6.42 Å². The summed E-state index contributed by atoms with van der Waals surface area (Å²) in [6.45, 7) is 5.98. The first-order valence-corrected chi connectivity index (χ1v) is 7.03. The minimum absolute atomic E-state index is 0.197. The van der Waals surface area contributed by atoms with Gasteiger partial charge in [-0.1, -0.05) is 6.08 Å². The van der Waals surface area contributed by atoms with Crippen LogP contribution in [-0.4, -0.2) is 60.8 Å². The number of nitrogens with one attached hydrogen (secondary N) is 1. The molecular weight excluding hydrogens is 260 g/mol. The molecule has 112 valence electrons. The molecule has 0 aromatic rings. The first-order valence-electron chi connectivity index (χ1n) is 7.03. The number of carboxylic acids is 1. The van der Waals surface area contributed by atoms with Gasteiger partial charge in [0.1, 0.15) is 13.2 Å². The number of carboxylic acid groups (broad SMARTS) is 1. The molecule has 6 heteroatoms. The predicted octanol–water partition coefficient (Wildman–Crippen LogP) is 0.100. The number of rotatable bonds is 7. The van der Waals surface area contributed by atoms with Crippen molar-refractivity contribution in [2.24, 2.45) is 11.8 Å². The molecule has 3 aliphatic rings. The minimum atomic E-state index is -1.07. The molecule has 0 aromatic carbocycles. The van der Waals surface area contributed by atoms with E-state index in [1.54, 1.807) is 0 Å². The Bertz CT molecular complexity index is 385. The minimum Gasteiger partial charge on any atom is -0.480 e. The van der Waals surface area contributed by atoms with Crippen LogP contribution >= 0.6 is 0 Å². The lowest BCUT2D eigenvalue weighted by molar-refractivity contribution is -0.143. The van der Waals surface area contributed by atoms with Crippen molar-refractivity contribution >= 4 is 11.9 Å². The van der Waals surface area contributed by atoms with Crippen LogP contribution in [-0.2, 0) is 14.3 Å². The van der Waals surface area contributed by atoms with Gasteiger partial charge in [-0.3, -0.25) is 9.69 Å². The van der Waals surface area contributed by atoms with Gasteiger partial charge < -0.3 is 15.2 Å². The molecule has 0 radical (unpaired) electrons. The fourth-order valence-corrected chi connectivity index (χ4v) is 3.17. The molecule has 2 N–H and O–H groups in total. The standard InChI is InChI=1S/C14H22N2O4/c1-2-10-7-16-4-3-11(10)5-12(16)6-15-13(17)8-20-9-14(18)19/h2,10-12H,1,3-9H2,(H,15,17)(H,18,19). The van der Waals surface area contributed by atoms with Gasteiger partial charge in [0.05, 0.1) is 0 Å². The summed E-state index contributed by atoms with van der Waals surface area (Å²) in [7, 11) is 0. The molecule has 3 heterocycles. The predicted molar refractivity (Wildman–Crippen MR) is 73.2 cm³/mol. The molecule has 3 fully saturated rings. The lowest BCUT2D eigenvalue weighted by atomic mass is 9.75. The van der Waals surface area contributed by atoms with Gasteiger partial charge in [0.25, 0.3) is 0 Å². The topological polar surface area (TPSA) is 78.9 Å². The second-order valence-corrected chi connectivity index (χ2v) is 5.52. The second-order valence-electron chi connectivity index (χ2n) is 5.52. The second kappa shape index (κ2) is 6.85. The normalized spacial score (nSPS) is 31.8. The zero-order chi connectivity index (χ0) is 14.5. The van der Waals surface area contributed by atoms with Gasteiger partial charge in [-0.2, -0.15) is 0 Å². The van der Waals surface area contributed by atoms with E-state index in [-0.39, 0.29) is 12.5 Å². The Hall–Kier alpha value is -1.40. The third kappa shape index (κ3) is 3.80. The maximum Gasteiger partial charge on any atom is 0.329 e. The summed E-state index contributed by atoms with van der Waals surface area (Å²) in [6, 6.07) is 0.383. The molecular formula is C14H22N2O4. The van der Waals surface area contributed by atoms with Gasteiger partial charge in [-0.05, 0) is 31.2 Å². The maximum absolute atomic E-state index is 11.5. The van der Waals surface area contributed by atoms with Gasteiger partial charge in [0.15, 0.2) is 0 Å². The smallest absolute Gasteiger partial charge is 0.329 e. The molecule has 0 spiro atoms. The Morgan fingerprint density at radius 1 is 1.45 bits per heavy atom. The average Bonchev–Trinajstić information content (AvgIpc) is 2.45. The number of hydrogen-bond donors (Lipinski definition) is 2. The molecule has 3 saturated heterocycles. The van der Waals surface area contributed by atoms with Crippen LogP contribution in [0.2, 0.25) is 0 Å². The maximum atomic E-state index is 11.5. The van der Waals surface area contributed by atoms with E-state index in [0.717, 1.165) is 19.5 Å². The van der Waals surface area contributed by atoms with Gasteiger partial charge in [0, 0.05) is 19.1 Å². The Balaban J connectivity index is 1.69. The van der Waals surface area contributed by atoms with Crippen LogP contribution in [0.25, 0.3) is 0 Å².